The number of rotatable bonds is 2. The molecule has 102 valence electrons. The van der Waals surface area contributed by atoms with Gasteiger partial charge >= 0.3 is 12.0 Å². The van der Waals surface area contributed by atoms with Crippen LogP contribution in [-0.4, -0.2) is 38.8 Å². The second-order valence-electron chi connectivity index (χ2n) is 4.21. The summed E-state index contributed by atoms with van der Waals surface area (Å²) in [6.07, 6.45) is 0. The zero-order chi connectivity index (χ0) is 13.8. The minimum atomic E-state index is -0.481. The third kappa shape index (κ3) is 2.96. The Morgan fingerprint density at radius 1 is 1.47 bits per heavy atom. The zero-order valence-electron chi connectivity index (χ0n) is 10.9. The number of urea groups is 1. The van der Waals surface area contributed by atoms with E-state index in [1.807, 2.05) is 25.1 Å². The summed E-state index contributed by atoms with van der Waals surface area (Å²) in [5.41, 5.74) is 1.77. The average Bonchev–Trinajstić information content (AvgIpc) is 2.43. The number of carbonyl (C=O) groups is 2. The minimum Gasteiger partial charge on any atom is -0.490 e. The summed E-state index contributed by atoms with van der Waals surface area (Å²) in [5, 5.41) is 2.52. The van der Waals surface area contributed by atoms with Gasteiger partial charge in [0, 0.05) is 0 Å². The van der Waals surface area contributed by atoms with Crippen molar-refractivity contribution < 1.29 is 19.1 Å². The molecular weight excluding hydrogens is 248 g/mol. The molecule has 1 aliphatic rings. The van der Waals surface area contributed by atoms with Crippen molar-refractivity contribution in [2.45, 2.75) is 6.92 Å². The van der Waals surface area contributed by atoms with Crippen LogP contribution in [0.15, 0.2) is 18.2 Å². The maximum Gasteiger partial charge on any atom is 0.325 e. The number of hydrogen-bond acceptors (Lipinski definition) is 4. The second-order valence-corrected chi connectivity index (χ2v) is 4.21. The van der Waals surface area contributed by atoms with E-state index in [1.165, 1.54) is 7.11 Å². The molecule has 1 N–H and O–H groups in total. The fraction of sp³-hybridized carbons (Fsp3) is 0.385. The van der Waals surface area contributed by atoms with Crippen LogP contribution < -0.4 is 15.0 Å². The standard InChI is InChI=1S/C13H16N2O4/c1-9-3-4-10-11(7-9)19-6-5-15(10)13(17)14-8-12(16)18-2/h3-4,7H,5-6,8H2,1-2H3,(H,14,17). The Balaban J connectivity index is 2.10. The lowest BCUT2D eigenvalue weighted by molar-refractivity contribution is -0.139. The first kappa shape index (κ1) is 13.2. The Bertz CT molecular complexity index is 501. The van der Waals surface area contributed by atoms with Gasteiger partial charge in [-0.05, 0) is 24.6 Å². The summed E-state index contributed by atoms with van der Waals surface area (Å²) in [6.45, 7) is 2.69. The van der Waals surface area contributed by atoms with Crippen molar-refractivity contribution in [2.24, 2.45) is 0 Å². The smallest absolute Gasteiger partial charge is 0.325 e. The van der Waals surface area contributed by atoms with Crippen molar-refractivity contribution >= 4 is 17.7 Å². The highest BCUT2D eigenvalue weighted by Gasteiger charge is 2.23. The van der Waals surface area contributed by atoms with Crippen molar-refractivity contribution in [2.75, 3.05) is 31.7 Å². The van der Waals surface area contributed by atoms with E-state index in [2.05, 4.69) is 10.1 Å². The molecular formula is C13H16N2O4. The van der Waals surface area contributed by atoms with E-state index in [9.17, 15) is 9.59 Å². The molecule has 2 rings (SSSR count). The van der Waals surface area contributed by atoms with E-state index in [-0.39, 0.29) is 12.6 Å². The summed E-state index contributed by atoms with van der Waals surface area (Å²) in [7, 11) is 1.28. The normalized spacial score (nSPS) is 13.3. The fourth-order valence-electron chi connectivity index (χ4n) is 1.85. The highest BCUT2D eigenvalue weighted by Crippen LogP contribution is 2.32. The van der Waals surface area contributed by atoms with Crippen LogP contribution in [-0.2, 0) is 9.53 Å². The van der Waals surface area contributed by atoms with Crippen molar-refractivity contribution in [3.05, 3.63) is 23.8 Å². The van der Waals surface area contributed by atoms with E-state index in [0.29, 0.717) is 24.6 Å². The molecule has 0 aromatic heterocycles. The predicted octanol–water partition coefficient (Wildman–Crippen LogP) is 1.08. The molecule has 1 aromatic rings. The maximum atomic E-state index is 12.0. The van der Waals surface area contributed by atoms with E-state index in [0.717, 1.165) is 5.56 Å². The Morgan fingerprint density at radius 3 is 3.00 bits per heavy atom. The highest BCUT2D eigenvalue weighted by atomic mass is 16.5. The molecule has 0 saturated heterocycles. The van der Waals surface area contributed by atoms with E-state index < -0.39 is 5.97 Å². The molecule has 0 aliphatic carbocycles. The summed E-state index contributed by atoms with van der Waals surface area (Å²) < 4.78 is 9.99. The molecule has 0 atom stereocenters. The van der Waals surface area contributed by atoms with Gasteiger partial charge in [-0.15, -0.1) is 0 Å². The van der Waals surface area contributed by atoms with E-state index in [1.54, 1.807) is 4.90 Å². The molecule has 0 unspecified atom stereocenters. The summed E-state index contributed by atoms with van der Waals surface area (Å²) in [4.78, 5) is 24.6. The molecule has 1 aliphatic heterocycles. The fourth-order valence-corrected chi connectivity index (χ4v) is 1.85. The largest absolute Gasteiger partial charge is 0.490 e. The number of nitrogens with zero attached hydrogens (tertiary/aromatic N) is 1. The number of hydrogen-bond donors (Lipinski definition) is 1. The van der Waals surface area contributed by atoms with Gasteiger partial charge in [0.1, 0.15) is 18.9 Å². The van der Waals surface area contributed by atoms with Crippen LogP contribution in [0.5, 0.6) is 5.75 Å². The van der Waals surface area contributed by atoms with Crippen molar-refractivity contribution in [1.82, 2.24) is 5.32 Å². The number of fused-ring (bicyclic) bond motifs is 1. The van der Waals surface area contributed by atoms with Crippen LogP contribution in [0.25, 0.3) is 0 Å². The molecule has 0 radical (unpaired) electrons. The number of benzene rings is 1. The van der Waals surface area contributed by atoms with Crippen LogP contribution in [0.4, 0.5) is 10.5 Å². The molecule has 0 saturated carbocycles. The Morgan fingerprint density at radius 2 is 2.26 bits per heavy atom. The number of anilines is 1. The third-order valence-electron chi connectivity index (χ3n) is 2.84. The van der Waals surface area contributed by atoms with Crippen LogP contribution in [0.2, 0.25) is 0 Å². The van der Waals surface area contributed by atoms with Crippen molar-refractivity contribution in [3.63, 3.8) is 0 Å². The summed E-state index contributed by atoms with van der Waals surface area (Å²) in [5.74, 6) is 0.199. The van der Waals surface area contributed by atoms with E-state index >= 15 is 0 Å². The van der Waals surface area contributed by atoms with Crippen molar-refractivity contribution in [1.29, 1.82) is 0 Å². The SMILES string of the molecule is COC(=O)CNC(=O)N1CCOc2cc(C)ccc21. The number of esters is 1. The van der Waals surface area contributed by atoms with Gasteiger partial charge in [-0.3, -0.25) is 9.69 Å². The number of carbonyl (C=O) groups excluding carboxylic acids is 2. The lowest BCUT2D eigenvalue weighted by Crippen LogP contribution is -2.45. The Hall–Kier alpha value is -2.24. The molecule has 1 heterocycles. The van der Waals surface area contributed by atoms with Gasteiger partial charge < -0.3 is 14.8 Å². The number of amides is 2. The van der Waals surface area contributed by atoms with Gasteiger partial charge in [0.05, 0.1) is 19.3 Å². The first-order valence-electron chi connectivity index (χ1n) is 5.97. The quantitative estimate of drug-likeness (QED) is 0.811. The predicted molar refractivity (Wildman–Crippen MR) is 69.4 cm³/mol. The molecule has 6 nitrogen and oxygen atoms in total. The van der Waals surface area contributed by atoms with Gasteiger partial charge in [0.15, 0.2) is 0 Å². The number of methoxy groups -OCH3 is 1. The van der Waals surface area contributed by atoms with Gasteiger partial charge in [0.25, 0.3) is 0 Å². The van der Waals surface area contributed by atoms with Gasteiger partial charge in [0.2, 0.25) is 0 Å². The molecule has 0 bridgehead atoms. The summed E-state index contributed by atoms with van der Waals surface area (Å²) in [6, 6.07) is 5.30. The minimum absolute atomic E-state index is 0.145. The van der Waals surface area contributed by atoms with E-state index in [4.69, 9.17) is 4.74 Å². The number of nitrogens with one attached hydrogen (secondary N) is 1. The highest BCUT2D eigenvalue weighted by molar-refractivity contribution is 5.95. The summed E-state index contributed by atoms with van der Waals surface area (Å²) >= 11 is 0. The third-order valence-corrected chi connectivity index (χ3v) is 2.84. The van der Waals surface area contributed by atoms with Crippen LogP contribution in [0.3, 0.4) is 0 Å². The molecule has 19 heavy (non-hydrogen) atoms. The second kappa shape index (κ2) is 5.60. The zero-order valence-corrected chi connectivity index (χ0v) is 10.9. The number of aryl methyl sites for hydroxylation is 1. The van der Waals surface area contributed by atoms with Crippen LogP contribution >= 0.6 is 0 Å². The van der Waals surface area contributed by atoms with Gasteiger partial charge in [-0.2, -0.15) is 0 Å². The molecule has 6 heteroatoms. The van der Waals surface area contributed by atoms with Crippen LogP contribution in [0.1, 0.15) is 5.56 Å². The molecule has 1 aromatic carbocycles. The topological polar surface area (TPSA) is 67.9 Å². The van der Waals surface area contributed by atoms with Crippen molar-refractivity contribution in [3.8, 4) is 5.75 Å². The first-order valence-corrected chi connectivity index (χ1v) is 5.97. The van der Waals surface area contributed by atoms with Gasteiger partial charge in [-0.1, -0.05) is 6.07 Å². The lowest BCUT2D eigenvalue weighted by atomic mass is 10.2. The lowest BCUT2D eigenvalue weighted by Gasteiger charge is -2.29. The Kier molecular flexibility index (Phi) is 3.89. The molecule has 0 fully saturated rings. The molecule has 0 spiro atoms. The van der Waals surface area contributed by atoms with Crippen LogP contribution in [0, 0.1) is 6.92 Å². The number of ether oxygens (including phenoxy) is 2. The first-order chi connectivity index (χ1) is 9.11. The maximum absolute atomic E-state index is 12.0. The van der Waals surface area contributed by atoms with Gasteiger partial charge in [-0.25, -0.2) is 4.79 Å². The molecule has 2 amide bonds. The Labute approximate surface area is 111 Å². The average molecular weight is 264 g/mol. The monoisotopic (exact) mass is 264 g/mol.